The highest BCUT2D eigenvalue weighted by molar-refractivity contribution is 5.92. The molecule has 2 aromatic carbocycles. The highest BCUT2D eigenvalue weighted by Gasteiger charge is 2.37. The van der Waals surface area contributed by atoms with Crippen molar-refractivity contribution in [3.8, 4) is 0 Å². The molecule has 2 aromatic rings. The van der Waals surface area contributed by atoms with Gasteiger partial charge < -0.3 is 20.3 Å². The van der Waals surface area contributed by atoms with Crippen LogP contribution in [0.3, 0.4) is 0 Å². The monoisotopic (exact) mass is 565 g/mol. The Labute approximate surface area is 247 Å². The van der Waals surface area contributed by atoms with Crippen molar-refractivity contribution >= 4 is 17.9 Å². The normalized spacial score (nSPS) is 13.1. The summed E-state index contributed by atoms with van der Waals surface area (Å²) < 4.78 is 5.53. The van der Waals surface area contributed by atoms with Gasteiger partial charge in [0.25, 0.3) is 0 Å². The Kier molecular flexibility index (Phi) is 13.4. The highest BCUT2D eigenvalue weighted by Crippen LogP contribution is 2.25. The van der Waals surface area contributed by atoms with Crippen molar-refractivity contribution in [2.24, 2.45) is 0 Å². The van der Waals surface area contributed by atoms with Crippen LogP contribution >= 0.6 is 0 Å². The molecule has 2 rings (SSSR count). The first kappa shape index (κ1) is 33.9. The fourth-order valence-electron chi connectivity index (χ4n) is 4.68. The number of ether oxygens (including phenoxy) is 1. The number of hydrogen-bond donors (Lipinski definition) is 2. The Morgan fingerprint density at radius 1 is 0.805 bits per heavy atom. The first-order valence-corrected chi connectivity index (χ1v) is 15.0. The standard InChI is InChI=1S/C34H51N3O4/c1-8-9-10-11-12-19-24-37(29(27-22-17-14-18-23-27)30(38)36-33(2,3)4)31(39)28(25-26-20-15-13-16-21-26)35-32(40)41-34(5,6)7/h13-18,20-23,28-29H,8-12,19,24-25H2,1-7H3,(H,35,40)(H,36,38). The summed E-state index contributed by atoms with van der Waals surface area (Å²) in [6.45, 7) is 13.7. The van der Waals surface area contributed by atoms with Crippen molar-refractivity contribution in [2.75, 3.05) is 6.54 Å². The molecule has 2 atom stereocenters. The number of carbonyl (C=O) groups excluding carboxylic acids is 3. The number of amides is 3. The maximum atomic E-state index is 14.5. The van der Waals surface area contributed by atoms with E-state index in [0.717, 1.165) is 43.2 Å². The summed E-state index contributed by atoms with van der Waals surface area (Å²) in [4.78, 5) is 42.9. The van der Waals surface area contributed by atoms with Gasteiger partial charge in [0.05, 0.1) is 0 Å². The second kappa shape index (κ2) is 16.2. The number of benzene rings is 2. The first-order chi connectivity index (χ1) is 19.3. The molecule has 226 valence electrons. The fourth-order valence-corrected chi connectivity index (χ4v) is 4.68. The molecule has 2 N–H and O–H groups in total. The minimum Gasteiger partial charge on any atom is -0.444 e. The third-order valence-electron chi connectivity index (χ3n) is 6.48. The van der Waals surface area contributed by atoms with E-state index in [1.165, 1.54) is 6.42 Å². The zero-order valence-corrected chi connectivity index (χ0v) is 26.2. The number of unbranched alkanes of at least 4 members (excludes halogenated alkanes) is 5. The molecule has 0 aliphatic rings. The van der Waals surface area contributed by atoms with Crippen molar-refractivity contribution in [3.05, 3.63) is 71.8 Å². The largest absolute Gasteiger partial charge is 0.444 e. The summed E-state index contributed by atoms with van der Waals surface area (Å²) in [7, 11) is 0. The number of nitrogens with zero attached hydrogens (tertiary/aromatic N) is 1. The second-order valence-corrected chi connectivity index (χ2v) is 12.7. The number of carbonyl (C=O) groups is 3. The zero-order chi connectivity index (χ0) is 30.5. The molecular formula is C34H51N3O4. The SMILES string of the molecule is CCCCCCCCN(C(=O)C(Cc1ccccc1)NC(=O)OC(C)(C)C)C(C(=O)NC(C)(C)C)c1ccccc1. The van der Waals surface area contributed by atoms with Gasteiger partial charge in [-0.05, 0) is 59.1 Å². The molecule has 0 aromatic heterocycles. The van der Waals surface area contributed by atoms with Gasteiger partial charge in [-0.2, -0.15) is 0 Å². The molecule has 3 amide bonds. The van der Waals surface area contributed by atoms with Crippen LogP contribution in [-0.4, -0.2) is 46.5 Å². The Balaban J connectivity index is 2.49. The summed E-state index contributed by atoms with van der Waals surface area (Å²) in [6.07, 6.45) is 5.88. The highest BCUT2D eigenvalue weighted by atomic mass is 16.6. The third kappa shape index (κ3) is 12.8. The van der Waals surface area contributed by atoms with E-state index in [2.05, 4.69) is 17.6 Å². The lowest BCUT2D eigenvalue weighted by Crippen LogP contribution is -2.55. The Morgan fingerprint density at radius 2 is 1.37 bits per heavy atom. The van der Waals surface area contributed by atoms with Gasteiger partial charge in [0, 0.05) is 18.5 Å². The van der Waals surface area contributed by atoms with Crippen LogP contribution < -0.4 is 10.6 Å². The van der Waals surface area contributed by atoms with Gasteiger partial charge in [0.15, 0.2) is 0 Å². The molecule has 0 heterocycles. The molecule has 0 fully saturated rings. The molecule has 7 heteroatoms. The van der Waals surface area contributed by atoms with Gasteiger partial charge in [-0.3, -0.25) is 9.59 Å². The van der Waals surface area contributed by atoms with Gasteiger partial charge in [-0.15, -0.1) is 0 Å². The van der Waals surface area contributed by atoms with Crippen molar-refractivity contribution < 1.29 is 19.1 Å². The third-order valence-corrected chi connectivity index (χ3v) is 6.48. The number of hydrogen-bond acceptors (Lipinski definition) is 4. The van der Waals surface area contributed by atoms with Crippen molar-refractivity contribution in [1.82, 2.24) is 15.5 Å². The van der Waals surface area contributed by atoms with Crippen LogP contribution in [0.15, 0.2) is 60.7 Å². The van der Waals surface area contributed by atoms with Gasteiger partial charge in [-0.25, -0.2) is 4.79 Å². The smallest absolute Gasteiger partial charge is 0.408 e. The van der Waals surface area contributed by atoms with Crippen LogP contribution in [0.1, 0.15) is 104 Å². The molecule has 0 saturated heterocycles. The van der Waals surface area contributed by atoms with Crippen LogP contribution in [0.5, 0.6) is 0 Å². The Hall–Kier alpha value is -3.35. The van der Waals surface area contributed by atoms with Crippen molar-refractivity contribution in [3.63, 3.8) is 0 Å². The lowest BCUT2D eigenvalue weighted by Gasteiger charge is -2.36. The molecule has 0 bridgehead atoms. The van der Waals surface area contributed by atoms with Gasteiger partial charge >= 0.3 is 6.09 Å². The molecular weight excluding hydrogens is 514 g/mol. The first-order valence-electron chi connectivity index (χ1n) is 15.0. The summed E-state index contributed by atoms with van der Waals surface area (Å²) in [5.74, 6) is -0.565. The van der Waals surface area contributed by atoms with E-state index in [4.69, 9.17) is 4.74 Å². The van der Waals surface area contributed by atoms with Crippen LogP contribution in [0.25, 0.3) is 0 Å². The Bertz CT molecular complexity index is 1070. The van der Waals surface area contributed by atoms with Crippen LogP contribution in [0.4, 0.5) is 4.79 Å². The summed E-state index contributed by atoms with van der Waals surface area (Å²) >= 11 is 0. The van der Waals surface area contributed by atoms with Crippen LogP contribution in [-0.2, 0) is 20.7 Å². The molecule has 7 nitrogen and oxygen atoms in total. The fraction of sp³-hybridized carbons (Fsp3) is 0.559. The molecule has 0 spiro atoms. The van der Waals surface area contributed by atoms with Gasteiger partial charge in [-0.1, -0.05) is 99.7 Å². The molecule has 2 unspecified atom stereocenters. The number of alkyl carbamates (subject to hydrolysis) is 1. The summed E-state index contributed by atoms with van der Waals surface area (Å²) in [5.41, 5.74) is 0.417. The molecule has 0 aliphatic carbocycles. The molecule has 0 aliphatic heterocycles. The van der Waals surface area contributed by atoms with E-state index >= 15 is 0 Å². The average molecular weight is 566 g/mol. The predicted octanol–water partition coefficient (Wildman–Crippen LogP) is 6.97. The summed E-state index contributed by atoms with van der Waals surface area (Å²) in [6, 6.07) is 17.2. The van der Waals surface area contributed by atoms with Gasteiger partial charge in [0.1, 0.15) is 17.7 Å². The maximum Gasteiger partial charge on any atom is 0.408 e. The minimum absolute atomic E-state index is 0.251. The number of nitrogens with one attached hydrogen (secondary N) is 2. The van der Waals surface area contributed by atoms with Crippen molar-refractivity contribution in [1.29, 1.82) is 0 Å². The lowest BCUT2D eigenvalue weighted by atomic mass is 9.98. The van der Waals surface area contributed by atoms with Crippen LogP contribution in [0.2, 0.25) is 0 Å². The van der Waals surface area contributed by atoms with E-state index in [0.29, 0.717) is 6.54 Å². The van der Waals surface area contributed by atoms with Crippen LogP contribution in [0, 0.1) is 0 Å². The topological polar surface area (TPSA) is 87.7 Å². The van der Waals surface area contributed by atoms with Crippen molar-refractivity contribution in [2.45, 2.75) is 117 Å². The molecule has 0 radical (unpaired) electrons. The predicted molar refractivity (Wildman–Crippen MR) is 165 cm³/mol. The average Bonchev–Trinajstić information content (AvgIpc) is 2.88. The lowest BCUT2D eigenvalue weighted by molar-refractivity contribution is -0.143. The van der Waals surface area contributed by atoms with Gasteiger partial charge in [0.2, 0.25) is 11.8 Å². The molecule has 41 heavy (non-hydrogen) atoms. The van der Waals surface area contributed by atoms with E-state index in [9.17, 15) is 14.4 Å². The van der Waals surface area contributed by atoms with E-state index in [-0.39, 0.29) is 18.2 Å². The molecule has 0 saturated carbocycles. The second-order valence-electron chi connectivity index (χ2n) is 12.7. The minimum atomic E-state index is -0.916. The number of rotatable bonds is 14. The Morgan fingerprint density at radius 3 is 1.93 bits per heavy atom. The van der Waals surface area contributed by atoms with E-state index < -0.39 is 29.3 Å². The quantitative estimate of drug-likeness (QED) is 0.242. The van der Waals surface area contributed by atoms with E-state index in [1.54, 1.807) is 25.7 Å². The van der Waals surface area contributed by atoms with E-state index in [1.807, 2.05) is 81.4 Å². The maximum absolute atomic E-state index is 14.5. The summed E-state index contributed by atoms with van der Waals surface area (Å²) in [5, 5.41) is 5.92. The zero-order valence-electron chi connectivity index (χ0n) is 26.2.